The second kappa shape index (κ2) is 9.89. The number of carbonyl (C=O) groups is 1. The Morgan fingerprint density at radius 1 is 1.30 bits per heavy atom. The lowest BCUT2D eigenvalue weighted by Crippen LogP contribution is -2.37. The molecular weight excluding hydrogens is 277 g/mol. The number of nitrogens with one attached hydrogen (secondary N) is 1. The van der Waals surface area contributed by atoms with Crippen LogP contribution in [0.25, 0.3) is 0 Å². The number of halogens is 2. The first-order valence-electron chi connectivity index (χ1n) is 7.09. The molecule has 0 spiro atoms. The fourth-order valence-corrected chi connectivity index (χ4v) is 2.26. The minimum atomic E-state index is -0.311. The third kappa shape index (κ3) is 5.59. The van der Waals surface area contributed by atoms with Crippen LogP contribution >= 0.6 is 11.6 Å². The largest absolute Gasteiger partial charge is 0.317 e. The molecule has 20 heavy (non-hydrogen) atoms. The van der Waals surface area contributed by atoms with Crippen LogP contribution in [0.2, 0.25) is 5.02 Å². The van der Waals surface area contributed by atoms with Gasteiger partial charge in [0.1, 0.15) is 12.1 Å². The van der Waals surface area contributed by atoms with Crippen LogP contribution in [0.3, 0.4) is 0 Å². The van der Waals surface area contributed by atoms with E-state index in [2.05, 4.69) is 12.2 Å². The van der Waals surface area contributed by atoms with Crippen molar-refractivity contribution in [3.05, 3.63) is 34.6 Å². The summed E-state index contributed by atoms with van der Waals surface area (Å²) in [7, 11) is 0. The molecule has 0 radical (unpaired) electrons. The van der Waals surface area contributed by atoms with Crippen LogP contribution in [0.5, 0.6) is 0 Å². The first-order chi connectivity index (χ1) is 9.53. The second-order valence-electron chi connectivity index (χ2n) is 4.68. The average molecular weight is 302 g/mol. The van der Waals surface area contributed by atoms with E-state index in [4.69, 9.17) is 16.4 Å². The van der Waals surface area contributed by atoms with E-state index >= 15 is 0 Å². The van der Waals surface area contributed by atoms with Gasteiger partial charge >= 0.3 is 0 Å². The molecule has 0 saturated carbocycles. The minimum absolute atomic E-state index is 0.0939. The summed E-state index contributed by atoms with van der Waals surface area (Å²) in [6.07, 6.45) is 2.85. The molecule has 1 aromatic rings. The van der Waals surface area contributed by atoms with Crippen molar-refractivity contribution in [3.63, 3.8) is 0 Å². The number of aldehydes is 1. The van der Waals surface area contributed by atoms with Crippen molar-refractivity contribution in [1.29, 1.82) is 0 Å². The van der Waals surface area contributed by atoms with E-state index in [1.807, 2.05) is 19.9 Å². The van der Waals surface area contributed by atoms with E-state index in [0.29, 0.717) is 0 Å². The van der Waals surface area contributed by atoms with Crippen LogP contribution in [-0.2, 0) is 10.2 Å². The Kier molecular flexibility index (Phi) is 9.43. The Labute approximate surface area is 126 Å². The van der Waals surface area contributed by atoms with Gasteiger partial charge in [-0.2, -0.15) is 0 Å². The normalized spacial score (nSPS) is 16.1. The number of hydrogen-bond donors (Lipinski definition) is 1. The molecule has 2 rings (SSSR count). The predicted octanol–water partition coefficient (Wildman–Crippen LogP) is 4.35. The standard InChI is InChI=1S/C12H15ClFN.C2H4O.C2H6/c1-12(4-6-15-7-5-12)9-2-3-10(13)11(14)8-9;1-2-3;1-2/h2-3,8,15H,4-7H2,1H3;2H,1H3;1-2H3. The van der Waals surface area contributed by atoms with Crippen molar-refractivity contribution < 1.29 is 9.18 Å². The summed E-state index contributed by atoms with van der Waals surface area (Å²) in [4.78, 5) is 8.81. The molecule has 0 aliphatic carbocycles. The predicted molar refractivity (Wildman–Crippen MR) is 84.0 cm³/mol. The summed E-state index contributed by atoms with van der Waals surface area (Å²) in [5.74, 6) is -0.311. The highest BCUT2D eigenvalue weighted by molar-refractivity contribution is 6.30. The molecule has 1 aliphatic heterocycles. The molecule has 114 valence electrons. The van der Waals surface area contributed by atoms with Gasteiger partial charge < -0.3 is 10.1 Å². The first-order valence-corrected chi connectivity index (χ1v) is 7.47. The van der Waals surface area contributed by atoms with Crippen LogP contribution in [-0.4, -0.2) is 19.4 Å². The third-order valence-corrected chi connectivity index (χ3v) is 3.63. The first kappa shape index (κ1) is 19.1. The van der Waals surface area contributed by atoms with Crippen molar-refractivity contribution in [2.45, 2.75) is 46.0 Å². The molecule has 1 aromatic carbocycles. The monoisotopic (exact) mass is 301 g/mol. The summed E-state index contributed by atoms with van der Waals surface area (Å²) < 4.78 is 13.4. The summed E-state index contributed by atoms with van der Waals surface area (Å²) in [6.45, 7) is 9.64. The van der Waals surface area contributed by atoms with Gasteiger partial charge in [-0.25, -0.2) is 4.39 Å². The summed E-state index contributed by atoms with van der Waals surface area (Å²) in [6, 6.07) is 5.17. The quantitative estimate of drug-likeness (QED) is 0.781. The lowest BCUT2D eigenvalue weighted by Gasteiger charge is -2.34. The van der Waals surface area contributed by atoms with Gasteiger partial charge in [0.05, 0.1) is 5.02 Å². The fraction of sp³-hybridized carbons (Fsp3) is 0.562. The van der Waals surface area contributed by atoms with Gasteiger partial charge in [0.2, 0.25) is 0 Å². The molecule has 1 aliphatic rings. The highest BCUT2D eigenvalue weighted by Gasteiger charge is 2.29. The molecule has 1 heterocycles. The summed E-state index contributed by atoms with van der Waals surface area (Å²) in [5.41, 5.74) is 1.15. The molecule has 1 N–H and O–H groups in total. The summed E-state index contributed by atoms with van der Waals surface area (Å²) >= 11 is 5.68. The highest BCUT2D eigenvalue weighted by Crippen LogP contribution is 2.34. The van der Waals surface area contributed by atoms with E-state index in [9.17, 15) is 4.39 Å². The molecule has 0 amide bonds. The fourth-order valence-electron chi connectivity index (χ4n) is 2.14. The summed E-state index contributed by atoms with van der Waals surface area (Å²) in [5, 5.41) is 3.52. The van der Waals surface area contributed by atoms with Crippen molar-refractivity contribution >= 4 is 17.9 Å². The van der Waals surface area contributed by atoms with Crippen LogP contribution in [0.1, 0.15) is 46.1 Å². The lowest BCUT2D eigenvalue weighted by molar-refractivity contribution is -0.106. The van der Waals surface area contributed by atoms with E-state index in [0.717, 1.165) is 37.8 Å². The zero-order chi connectivity index (χ0) is 15.6. The maximum absolute atomic E-state index is 13.4. The maximum Gasteiger partial charge on any atom is 0.142 e. The maximum atomic E-state index is 13.4. The number of rotatable bonds is 1. The SMILES string of the molecule is CC.CC1(c2ccc(Cl)c(F)c2)CCNCC1.CC=O. The zero-order valence-electron chi connectivity index (χ0n) is 12.8. The van der Waals surface area contributed by atoms with Gasteiger partial charge in [0.15, 0.2) is 0 Å². The van der Waals surface area contributed by atoms with Crippen molar-refractivity contribution in [1.82, 2.24) is 5.32 Å². The van der Waals surface area contributed by atoms with Gasteiger partial charge in [0, 0.05) is 0 Å². The van der Waals surface area contributed by atoms with E-state index in [1.165, 1.54) is 6.92 Å². The third-order valence-electron chi connectivity index (χ3n) is 3.32. The number of piperidine rings is 1. The van der Waals surface area contributed by atoms with E-state index in [1.54, 1.807) is 12.1 Å². The molecule has 0 unspecified atom stereocenters. The molecule has 4 heteroatoms. The van der Waals surface area contributed by atoms with Gasteiger partial charge in [-0.05, 0) is 56.0 Å². The van der Waals surface area contributed by atoms with Gasteiger partial charge in [0.25, 0.3) is 0 Å². The number of carbonyl (C=O) groups excluding carboxylic acids is 1. The Balaban J connectivity index is 0.000000641. The Morgan fingerprint density at radius 3 is 2.25 bits per heavy atom. The lowest BCUT2D eigenvalue weighted by atomic mass is 9.75. The molecule has 0 atom stereocenters. The van der Waals surface area contributed by atoms with Crippen LogP contribution in [0, 0.1) is 5.82 Å². The highest BCUT2D eigenvalue weighted by atomic mass is 35.5. The average Bonchev–Trinajstić information content (AvgIpc) is 2.46. The molecule has 0 aromatic heterocycles. The smallest absolute Gasteiger partial charge is 0.142 e. The van der Waals surface area contributed by atoms with Crippen LogP contribution in [0.15, 0.2) is 18.2 Å². The number of benzene rings is 1. The van der Waals surface area contributed by atoms with Crippen LogP contribution < -0.4 is 5.32 Å². The van der Waals surface area contributed by atoms with Gasteiger partial charge in [-0.3, -0.25) is 0 Å². The second-order valence-corrected chi connectivity index (χ2v) is 5.08. The van der Waals surface area contributed by atoms with Gasteiger partial charge in [-0.1, -0.05) is 38.4 Å². The topological polar surface area (TPSA) is 29.1 Å². The van der Waals surface area contributed by atoms with Crippen molar-refractivity contribution in [2.75, 3.05) is 13.1 Å². The molecule has 0 bridgehead atoms. The Morgan fingerprint density at radius 2 is 1.80 bits per heavy atom. The Hall–Kier alpha value is -0.930. The zero-order valence-corrected chi connectivity index (χ0v) is 13.6. The van der Waals surface area contributed by atoms with Crippen molar-refractivity contribution in [3.8, 4) is 0 Å². The van der Waals surface area contributed by atoms with E-state index in [-0.39, 0.29) is 16.3 Å². The number of hydrogen-bond acceptors (Lipinski definition) is 2. The van der Waals surface area contributed by atoms with Gasteiger partial charge in [-0.15, -0.1) is 0 Å². The van der Waals surface area contributed by atoms with Crippen molar-refractivity contribution in [2.24, 2.45) is 0 Å². The molecule has 1 fully saturated rings. The molecular formula is C16H25ClFNO. The Bertz CT molecular complexity index is 403. The van der Waals surface area contributed by atoms with E-state index < -0.39 is 0 Å². The molecule has 2 nitrogen and oxygen atoms in total. The minimum Gasteiger partial charge on any atom is -0.317 e. The van der Waals surface area contributed by atoms with Crippen LogP contribution in [0.4, 0.5) is 4.39 Å². The molecule has 1 saturated heterocycles.